The van der Waals surface area contributed by atoms with E-state index in [1.165, 1.54) is 5.56 Å². The molecule has 1 atom stereocenters. The van der Waals surface area contributed by atoms with Gasteiger partial charge in [0.2, 0.25) is 0 Å². The molecule has 1 unspecified atom stereocenters. The Labute approximate surface area is 92.5 Å². The molecular formula is C13H21NO. The zero-order chi connectivity index (χ0) is 11.4. The van der Waals surface area contributed by atoms with E-state index >= 15 is 0 Å². The Morgan fingerprint density at radius 3 is 2.67 bits per heavy atom. The van der Waals surface area contributed by atoms with Crippen LogP contribution in [0.4, 0.5) is 0 Å². The van der Waals surface area contributed by atoms with Gasteiger partial charge < -0.3 is 5.11 Å². The molecular weight excluding hydrogens is 186 g/mol. The lowest BCUT2D eigenvalue weighted by atomic mass is 10.1. The molecule has 0 saturated heterocycles. The summed E-state index contributed by atoms with van der Waals surface area (Å²) in [6, 6.07) is 6.30. The number of nitrogens with zero attached hydrogens (tertiary/aromatic N) is 1. The van der Waals surface area contributed by atoms with Gasteiger partial charge in [0.25, 0.3) is 0 Å². The SMILES string of the molecule is CCC(C)N(C)Cc1cc(C)ccc1O. The van der Waals surface area contributed by atoms with Crippen LogP contribution in [0.25, 0.3) is 0 Å². The third-order valence-corrected chi connectivity index (χ3v) is 3.00. The van der Waals surface area contributed by atoms with Crippen LogP contribution in [-0.4, -0.2) is 23.1 Å². The highest BCUT2D eigenvalue weighted by Gasteiger charge is 2.09. The van der Waals surface area contributed by atoms with Crippen molar-refractivity contribution in [3.05, 3.63) is 29.3 Å². The van der Waals surface area contributed by atoms with Crippen molar-refractivity contribution in [2.45, 2.75) is 39.8 Å². The summed E-state index contributed by atoms with van der Waals surface area (Å²) in [6.45, 7) is 7.23. The third-order valence-electron chi connectivity index (χ3n) is 3.00. The highest BCUT2D eigenvalue weighted by Crippen LogP contribution is 2.20. The molecule has 15 heavy (non-hydrogen) atoms. The maximum absolute atomic E-state index is 9.71. The molecule has 0 aliphatic rings. The Morgan fingerprint density at radius 2 is 2.07 bits per heavy atom. The Hall–Kier alpha value is -1.02. The summed E-state index contributed by atoms with van der Waals surface area (Å²) < 4.78 is 0. The Balaban J connectivity index is 2.75. The second kappa shape index (κ2) is 5.17. The molecule has 0 aliphatic heterocycles. The summed E-state index contributed by atoms with van der Waals surface area (Å²) >= 11 is 0. The van der Waals surface area contributed by atoms with Gasteiger partial charge in [-0.25, -0.2) is 0 Å². The second-order valence-corrected chi connectivity index (χ2v) is 4.30. The summed E-state index contributed by atoms with van der Waals surface area (Å²) in [6.07, 6.45) is 1.13. The van der Waals surface area contributed by atoms with Crippen molar-refractivity contribution in [1.82, 2.24) is 4.90 Å². The monoisotopic (exact) mass is 207 g/mol. The summed E-state index contributed by atoms with van der Waals surface area (Å²) in [5, 5.41) is 9.71. The van der Waals surface area contributed by atoms with Gasteiger partial charge in [-0.3, -0.25) is 4.90 Å². The molecule has 0 aliphatic carbocycles. The summed E-state index contributed by atoms with van der Waals surface area (Å²) in [5.74, 6) is 0.399. The van der Waals surface area contributed by atoms with Crippen molar-refractivity contribution in [2.75, 3.05) is 7.05 Å². The highest BCUT2D eigenvalue weighted by molar-refractivity contribution is 5.35. The van der Waals surface area contributed by atoms with E-state index in [2.05, 4.69) is 25.8 Å². The lowest BCUT2D eigenvalue weighted by Gasteiger charge is -2.24. The van der Waals surface area contributed by atoms with Crippen LogP contribution >= 0.6 is 0 Å². The van der Waals surface area contributed by atoms with Crippen molar-refractivity contribution in [3.63, 3.8) is 0 Å². The van der Waals surface area contributed by atoms with Crippen LogP contribution in [0.15, 0.2) is 18.2 Å². The van der Waals surface area contributed by atoms with Gasteiger partial charge in [0.05, 0.1) is 0 Å². The van der Waals surface area contributed by atoms with Crippen LogP contribution in [0, 0.1) is 6.92 Å². The molecule has 1 N–H and O–H groups in total. The minimum atomic E-state index is 0.399. The molecule has 0 aromatic heterocycles. The molecule has 1 rings (SSSR count). The van der Waals surface area contributed by atoms with E-state index in [1.807, 2.05) is 19.1 Å². The van der Waals surface area contributed by atoms with E-state index < -0.39 is 0 Å². The van der Waals surface area contributed by atoms with Gasteiger partial charge in [0.1, 0.15) is 5.75 Å². The minimum absolute atomic E-state index is 0.399. The average molecular weight is 207 g/mol. The fourth-order valence-electron chi connectivity index (χ4n) is 1.58. The molecule has 1 aromatic rings. The average Bonchev–Trinajstić information content (AvgIpc) is 2.22. The fraction of sp³-hybridized carbons (Fsp3) is 0.538. The normalized spacial score (nSPS) is 13.1. The van der Waals surface area contributed by atoms with E-state index in [0.717, 1.165) is 18.5 Å². The fourth-order valence-corrected chi connectivity index (χ4v) is 1.58. The van der Waals surface area contributed by atoms with Crippen molar-refractivity contribution >= 4 is 0 Å². The van der Waals surface area contributed by atoms with E-state index in [9.17, 15) is 5.11 Å². The van der Waals surface area contributed by atoms with Crippen LogP contribution < -0.4 is 0 Å². The number of phenols is 1. The molecule has 84 valence electrons. The number of rotatable bonds is 4. The molecule has 0 spiro atoms. The van der Waals surface area contributed by atoms with Crippen molar-refractivity contribution in [2.24, 2.45) is 0 Å². The van der Waals surface area contributed by atoms with Crippen LogP contribution in [0.5, 0.6) is 5.75 Å². The van der Waals surface area contributed by atoms with Gasteiger partial charge in [-0.2, -0.15) is 0 Å². The van der Waals surface area contributed by atoms with Gasteiger partial charge in [0.15, 0.2) is 0 Å². The van der Waals surface area contributed by atoms with E-state index in [4.69, 9.17) is 0 Å². The van der Waals surface area contributed by atoms with E-state index in [1.54, 1.807) is 6.07 Å². The van der Waals surface area contributed by atoms with Crippen molar-refractivity contribution in [3.8, 4) is 5.75 Å². The predicted molar refractivity (Wildman–Crippen MR) is 64.1 cm³/mol. The molecule has 2 heteroatoms. The molecule has 0 amide bonds. The molecule has 0 fully saturated rings. The zero-order valence-electron chi connectivity index (χ0n) is 10.1. The molecule has 2 nitrogen and oxygen atoms in total. The smallest absolute Gasteiger partial charge is 0.120 e. The molecule has 0 saturated carbocycles. The molecule has 0 heterocycles. The van der Waals surface area contributed by atoms with Gasteiger partial charge in [-0.05, 0) is 33.4 Å². The lowest BCUT2D eigenvalue weighted by molar-refractivity contribution is 0.241. The van der Waals surface area contributed by atoms with E-state index in [-0.39, 0.29) is 0 Å². The predicted octanol–water partition coefficient (Wildman–Crippen LogP) is 2.93. The topological polar surface area (TPSA) is 23.5 Å². The first kappa shape index (κ1) is 12.1. The molecule has 0 bridgehead atoms. The first-order valence-electron chi connectivity index (χ1n) is 5.53. The standard InChI is InChI=1S/C13H21NO/c1-5-11(3)14(4)9-12-8-10(2)6-7-13(12)15/h6-8,11,15H,5,9H2,1-4H3. The molecule has 0 radical (unpaired) electrons. The summed E-state index contributed by atoms with van der Waals surface area (Å²) in [7, 11) is 2.09. The highest BCUT2D eigenvalue weighted by atomic mass is 16.3. The van der Waals surface area contributed by atoms with Crippen LogP contribution in [0.3, 0.4) is 0 Å². The third kappa shape index (κ3) is 3.24. The van der Waals surface area contributed by atoms with E-state index in [0.29, 0.717) is 11.8 Å². The Kier molecular flexibility index (Phi) is 4.15. The number of aryl methyl sites for hydroxylation is 1. The van der Waals surface area contributed by atoms with Crippen LogP contribution in [-0.2, 0) is 6.54 Å². The van der Waals surface area contributed by atoms with Crippen molar-refractivity contribution in [1.29, 1.82) is 0 Å². The van der Waals surface area contributed by atoms with Gasteiger partial charge in [-0.1, -0.05) is 24.6 Å². The first-order valence-corrected chi connectivity index (χ1v) is 5.53. The maximum atomic E-state index is 9.71. The largest absolute Gasteiger partial charge is 0.508 e. The van der Waals surface area contributed by atoms with Crippen LogP contribution in [0.1, 0.15) is 31.4 Å². The maximum Gasteiger partial charge on any atom is 0.120 e. The van der Waals surface area contributed by atoms with Crippen LogP contribution in [0.2, 0.25) is 0 Å². The number of benzene rings is 1. The van der Waals surface area contributed by atoms with Gasteiger partial charge >= 0.3 is 0 Å². The minimum Gasteiger partial charge on any atom is -0.508 e. The Bertz CT molecular complexity index is 322. The second-order valence-electron chi connectivity index (χ2n) is 4.30. The van der Waals surface area contributed by atoms with Gasteiger partial charge in [-0.15, -0.1) is 0 Å². The van der Waals surface area contributed by atoms with Crippen molar-refractivity contribution < 1.29 is 5.11 Å². The quantitative estimate of drug-likeness (QED) is 0.820. The zero-order valence-corrected chi connectivity index (χ0v) is 10.1. The summed E-state index contributed by atoms with van der Waals surface area (Å²) in [5.41, 5.74) is 2.21. The number of phenolic OH excluding ortho intramolecular Hbond substituents is 1. The molecule has 1 aromatic carbocycles. The Morgan fingerprint density at radius 1 is 1.40 bits per heavy atom. The number of hydrogen-bond acceptors (Lipinski definition) is 2. The summed E-state index contributed by atoms with van der Waals surface area (Å²) in [4.78, 5) is 2.26. The first-order chi connectivity index (χ1) is 7.04. The van der Waals surface area contributed by atoms with Gasteiger partial charge in [0, 0.05) is 18.2 Å². The number of aromatic hydroxyl groups is 1. The number of hydrogen-bond donors (Lipinski definition) is 1. The lowest BCUT2D eigenvalue weighted by Crippen LogP contribution is -2.27.